The third-order valence-electron chi connectivity index (χ3n) is 2.91. The molecule has 1 fully saturated rings. The molecule has 0 aliphatic carbocycles. The first-order valence-corrected chi connectivity index (χ1v) is 5.92. The molecule has 1 amide bonds. The quantitative estimate of drug-likeness (QED) is 0.743. The summed E-state index contributed by atoms with van der Waals surface area (Å²) in [5, 5.41) is 18.5. The zero-order chi connectivity index (χ0) is 12.4. The van der Waals surface area contributed by atoms with Crippen LogP contribution in [0.4, 0.5) is 0 Å². The Bertz CT molecular complexity index is 433. The third-order valence-corrected chi connectivity index (χ3v) is 3.24. The molecule has 1 aliphatic rings. The highest BCUT2D eigenvalue weighted by Crippen LogP contribution is 2.19. The van der Waals surface area contributed by atoms with Crippen molar-refractivity contribution in [3.8, 4) is 0 Å². The van der Waals surface area contributed by atoms with Crippen LogP contribution in [-0.2, 0) is 0 Å². The van der Waals surface area contributed by atoms with E-state index in [1.54, 1.807) is 4.90 Å². The van der Waals surface area contributed by atoms with Gasteiger partial charge in [-0.1, -0.05) is 17.7 Å². The van der Waals surface area contributed by atoms with E-state index in [1.807, 2.05) is 0 Å². The van der Waals surface area contributed by atoms with Gasteiger partial charge in [0, 0.05) is 13.1 Å². The van der Waals surface area contributed by atoms with Gasteiger partial charge >= 0.3 is 7.12 Å². The molecule has 1 heterocycles. The van der Waals surface area contributed by atoms with Gasteiger partial charge < -0.3 is 14.9 Å². The molecule has 4 nitrogen and oxygen atoms in total. The van der Waals surface area contributed by atoms with Crippen LogP contribution in [0, 0.1) is 0 Å². The molecule has 0 unspecified atom stereocenters. The van der Waals surface area contributed by atoms with Crippen molar-refractivity contribution in [1.82, 2.24) is 4.90 Å². The first-order valence-electron chi connectivity index (χ1n) is 5.54. The number of rotatable bonds is 2. The Labute approximate surface area is 105 Å². The normalized spacial score (nSPS) is 15.1. The Morgan fingerprint density at radius 2 is 1.94 bits per heavy atom. The van der Waals surface area contributed by atoms with Gasteiger partial charge in [0.15, 0.2) is 0 Å². The van der Waals surface area contributed by atoms with Crippen molar-refractivity contribution in [2.24, 2.45) is 0 Å². The van der Waals surface area contributed by atoms with Crippen LogP contribution >= 0.6 is 11.6 Å². The minimum atomic E-state index is -1.59. The Morgan fingerprint density at radius 3 is 2.53 bits per heavy atom. The van der Waals surface area contributed by atoms with E-state index in [0.717, 1.165) is 25.9 Å². The highest BCUT2D eigenvalue weighted by Gasteiger charge is 2.23. The number of amides is 1. The maximum Gasteiger partial charge on any atom is 0.488 e. The second kappa shape index (κ2) is 5.08. The lowest BCUT2D eigenvalue weighted by molar-refractivity contribution is 0.0793. The van der Waals surface area contributed by atoms with E-state index in [0.29, 0.717) is 10.6 Å². The summed E-state index contributed by atoms with van der Waals surface area (Å²) in [6, 6.07) is 4.45. The van der Waals surface area contributed by atoms with E-state index in [4.69, 9.17) is 21.6 Å². The number of hydrogen-bond acceptors (Lipinski definition) is 3. The number of nitrogens with zero attached hydrogens (tertiary/aromatic N) is 1. The number of carbonyl (C=O) groups is 1. The average Bonchev–Trinajstić information content (AvgIpc) is 2.81. The van der Waals surface area contributed by atoms with Crippen LogP contribution in [0.3, 0.4) is 0 Å². The van der Waals surface area contributed by atoms with Crippen LogP contribution in [0.25, 0.3) is 0 Å². The van der Waals surface area contributed by atoms with Crippen molar-refractivity contribution < 1.29 is 14.8 Å². The summed E-state index contributed by atoms with van der Waals surface area (Å²) < 4.78 is 0. The molecule has 2 N–H and O–H groups in total. The van der Waals surface area contributed by atoms with Crippen molar-refractivity contribution >= 4 is 30.1 Å². The second-order valence-electron chi connectivity index (χ2n) is 4.11. The number of likely N-dealkylation sites (tertiary alicyclic amines) is 1. The van der Waals surface area contributed by atoms with Crippen molar-refractivity contribution in [1.29, 1.82) is 0 Å². The SMILES string of the molecule is O=C(c1cc(B(O)O)ccc1Cl)N1CCCC1. The van der Waals surface area contributed by atoms with Crippen LogP contribution in [0.1, 0.15) is 23.2 Å². The van der Waals surface area contributed by atoms with Gasteiger partial charge in [-0.2, -0.15) is 0 Å². The van der Waals surface area contributed by atoms with Crippen molar-refractivity contribution in [3.05, 3.63) is 28.8 Å². The van der Waals surface area contributed by atoms with Crippen LogP contribution < -0.4 is 5.46 Å². The number of halogens is 1. The first kappa shape index (κ1) is 12.4. The summed E-state index contributed by atoms with van der Waals surface area (Å²) >= 11 is 5.96. The predicted octanol–water partition coefficient (Wildman–Crippen LogP) is 0.256. The van der Waals surface area contributed by atoms with Gasteiger partial charge in [0.2, 0.25) is 0 Å². The highest BCUT2D eigenvalue weighted by atomic mass is 35.5. The predicted molar refractivity (Wildman–Crippen MR) is 66.4 cm³/mol. The fraction of sp³-hybridized carbons (Fsp3) is 0.364. The molecule has 17 heavy (non-hydrogen) atoms. The zero-order valence-electron chi connectivity index (χ0n) is 9.27. The summed E-state index contributed by atoms with van der Waals surface area (Å²) in [6.45, 7) is 1.47. The molecule has 1 aromatic rings. The molecule has 6 heteroatoms. The fourth-order valence-electron chi connectivity index (χ4n) is 1.96. The van der Waals surface area contributed by atoms with Gasteiger partial charge in [-0.25, -0.2) is 0 Å². The van der Waals surface area contributed by atoms with Crippen LogP contribution in [0.2, 0.25) is 5.02 Å². The largest absolute Gasteiger partial charge is 0.488 e. The van der Waals surface area contributed by atoms with Crippen molar-refractivity contribution in [2.75, 3.05) is 13.1 Å². The summed E-state index contributed by atoms with van der Waals surface area (Å²) in [6.07, 6.45) is 2.01. The lowest BCUT2D eigenvalue weighted by Gasteiger charge is -2.16. The maximum atomic E-state index is 12.1. The molecule has 1 aliphatic heterocycles. The summed E-state index contributed by atoms with van der Waals surface area (Å²) in [5.74, 6) is -0.144. The minimum Gasteiger partial charge on any atom is -0.423 e. The summed E-state index contributed by atoms with van der Waals surface area (Å²) in [7, 11) is -1.59. The van der Waals surface area contributed by atoms with E-state index in [1.165, 1.54) is 18.2 Å². The van der Waals surface area contributed by atoms with Crippen LogP contribution in [0.5, 0.6) is 0 Å². The minimum absolute atomic E-state index is 0.144. The van der Waals surface area contributed by atoms with E-state index >= 15 is 0 Å². The van der Waals surface area contributed by atoms with Gasteiger partial charge in [0.1, 0.15) is 0 Å². The molecular weight excluding hydrogens is 240 g/mol. The molecule has 90 valence electrons. The molecule has 0 radical (unpaired) electrons. The standard InChI is InChI=1S/C11H13BClNO3/c13-10-4-3-8(12(16)17)7-9(10)11(15)14-5-1-2-6-14/h3-4,7,16-17H,1-2,5-6H2. The van der Waals surface area contributed by atoms with E-state index in [9.17, 15) is 4.79 Å². The molecule has 2 rings (SSSR count). The number of benzene rings is 1. The fourth-order valence-corrected chi connectivity index (χ4v) is 2.16. The lowest BCUT2D eigenvalue weighted by atomic mass is 9.79. The number of carbonyl (C=O) groups excluding carboxylic acids is 1. The summed E-state index contributed by atoms with van der Waals surface area (Å²) in [5.41, 5.74) is 0.608. The Hall–Kier alpha value is -1.04. The highest BCUT2D eigenvalue weighted by molar-refractivity contribution is 6.58. The molecule has 0 aromatic heterocycles. The molecular formula is C11H13BClNO3. The molecule has 0 spiro atoms. The van der Waals surface area contributed by atoms with Gasteiger partial charge in [-0.3, -0.25) is 4.79 Å². The van der Waals surface area contributed by atoms with Gasteiger partial charge in [0.25, 0.3) is 5.91 Å². The first-order chi connectivity index (χ1) is 8.09. The van der Waals surface area contributed by atoms with Gasteiger partial charge in [-0.05, 0) is 30.4 Å². The molecule has 1 saturated heterocycles. The second-order valence-corrected chi connectivity index (χ2v) is 4.52. The Kier molecular flexibility index (Phi) is 3.71. The monoisotopic (exact) mass is 253 g/mol. The Morgan fingerprint density at radius 1 is 1.29 bits per heavy atom. The molecule has 0 saturated carbocycles. The summed E-state index contributed by atoms with van der Waals surface area (Å²) in [4.78, 5) is 13.9. The van der Waals surface area contributed by atoms with Crippen molar-refractivity contribution in [3.63, 3.8) is 0 Å². The van der Waals surface area contributed by atoms with E-state index < -0.39 is 7.12 Å². The van der Waals surface area contributed by atoms with E-state index in [2.05, 4.69) is 0 Å². The molecule has 0 bridgehead atoms. The third kappa shape index (κ3) is 2.62. The maximum absolute atomic E-state index is 12.1. The molecule has 1 aromatic carbocycles. The van der Waals surface area contributed by atoms with Crippen molar-refractivity contribution in [2.45, 2.75) is 12.8 Å². The van der Waals surface area contributed by atoms with Gasteiger partial charge in [-0.15, -0.1) is 0 Å². The topological polar surface area (TPSA) is 60.8 Å². The smallest absolute Gasteiger partial charge is 0.423 e. The zero-order valence-corrected chi connectivity index (χ0v) is 10.0. The van der Waals surface area contributed by atoms with Crippen LogP contribution in [-0.4, -0.2) is 41.1 Å². The van der Waals surface area contributed by atoms with Gasteiger partial charge in [0.05, 0.1) is 10.6 Å². The number of hydrogen-bond donors (Lipinski definition) is 2. The lowest BCUT2D eigenvalue weighted by Crippen LogP contribution is -2.33. The Balaban J connectivity index is 2.29. The van der Waals surface area contributed by atoms with Crippen LogP contribution in [0.15, 0.2) is 18.2 Å². The van der Waals surface area contributed by atoms with E-state index in [-0.39, 0.29) is 11.4 Å². The average molecular weight is 253 g/mol. The molecule has 0 atom stereocenters.